The van der Waals surface area contributed by atoms with E-state index in [-0.39, 0.29) is 5.91 Å². The van der Waals surface area contributed by atoms with E-state index in [9.17, 15) is 4.79 Å². The minimum Gasteiger partial charge on any atom is -0.490 e. The van der Waals surface area contributed by atoms with Crippen molar-refractivity contribution in [1.29, 1.82) is 0 Å². The van der Waals surface area contributed by atoms with Crippen LogP contribution in [0.5, 0.6) is 11.5 Å². The fourth-order valence-corrected chi connectivity index (χ4v) is 4.30. The minimum atomic E-state index is -0.0979. The van der Waals surface area contributed by atoms with Crippen LogP contribution in [-0.4, -0.2) is 56.2 Å². The predicted molar refractivity (Wildman–Crippen MR) is 128 cm³/mol. The first-order valence-electron chi connectivity index (χ1n) is 10.6. The molecule has 0 N–H and O–H groups in total. The van der Waals surface area contributed by atoms with Crippen molar-refractivity contribution in [3.63, 3.8) is 0 Å². The van der Waals surface area contributed by atoms with Crippen molar-refractivity contribution in [2.75, 3.05) is 45.3 Å². The van der Waals surface area contributed by atoms with Gasteiger partial charge in [0.2, 0.25) is 0 Å². The van der Waals surface area contributed by atoms with Gasteiger partial charge in [0, 0.05) is 18.7 Å². The van der Waals surface area contributed by atoms with Crippen LogP contribution in [0.4, 0.5) is 5.13 Å². The molecule has 1 amide bonds. The van der Waals surface area contributed by atoms with Gasteiger partial charge in [-0.2, -0.15) is 0 Å². The Bertz CT molecular complexity index is 1060. The van der Waals surface area contributed by atoms with Crippen LogP contribution in [0.25, 0.3) is 10.2 Å². The van der Waals surface area contributed by atoms with Crippen LogP contribution in [0.15, 0.2) is 30.3 Å². The van der Waals surface area contributed by atoms with Crippen LogP contribution in [0.2, 0.25) is 0 Å². The number of rotatable bonds is 9. The Morgan fingerprint density at radius 1 is 1.00 bits per heavy atom. The highest BCUT2D eigenvalue weighted by molar-refractivity contribution is 7.22. The molecule has 0 atom stereocenters. The van der Waals surface area contributed by atoms with Crippen LogP contribution < -0.4 is 14.4 Å². The highest BCUT2D eigenvalue weighted by atomic mass is 32.1. The number of thiazole rings is 1. The number of nitrogens with zero attached hydrogens (tertiary/aromatic N) is 3. The molecule has 0 aliphatic heterocycles. The van der Waals surface area contributed by atoms with Crippen molar-refractivity contribution in [2.45, 2.75) is 27.7 Å². The fourth-order valence-electron chi connectivity index (χ4n) is 3.25. The zero-order valence-corrected chi connectivity index (χ0v) is 20.0. The van der Waals surface area contributed by atoms with Gasteiger partial charge in [-0.3, -0.25) is 9.69 Å². The summed E-state index contributed by atoms with van der Waals surface area (Å²) in [5.41, 5.74) is 3.87. The summed E-state index contributed by atoms with van der Waals surface area (Å²) in [5, 5.41) is 0.711. The zero-order valence-electron chi connectivity index (χ0n) is 19.2. The molecule has 0 fully saturated rings. The highest BCUT2D eigenvalue weighted by Gasteiger charge is 2.23. The Balaban J connectivity index is 2.01. The molecule has 0 radical (unpaired) electrons. The van der Waals surface area contributed by atoms with Gasteiger partial charge in [0.05, 0.1) is 23.4 Å². The zero-order chi connectivity index (χ0) is 22.5. The number of ether oxygens (including phenoxy) is 2. The number of anilines is 1. The van der Waals surface area contributed by atoms with Gasteiger partial charge >= 0.3 is 0 Å². The third-order valence-corrected chi connectivity index (χ3v) is 6.15. The van der Waals surface area contributed by atoms with Crippen molar-refractivity contribution in [3.05, 3.63) is 47.0 Å². The van der Waals surface area contributed by atoms with E-state index in [0.29, 0.717) is 42.0 Å². The van der Waals surface area contributed by atoms with E-state index < -0.39 is 0 Å². The van der Waals surface area contributed by atoms with Crippen LogP contribution in [-0.2, 0) is 0 Å². The van der Waals surface area contributed by atoms with Gasteiger partial charge in [-0.05, 0) is 77.2 Å². The molecule has 0 spiro atoms. The van der Waals surface area contributed by atoms with E-state index in [0.717, 1.165) is 22.3 Å². The maximum absolute atomic E-state index is 13.6. The van der Waals surface area contributed by atoms with Gasteiger partial charge in [-0.1, -0.05) is 17.4 Å². The lowest BCUT2D eigenvalue weighted by Gasteiger charge is -2.22. The van der Waals surface area contributed by atoms with Crippen molar-refractivity contribution in [3.8, 4) is 11.5 Å². The molecule has 3 rings (SSSR count). The molecule has 0 aliphatic rings. The Hall–Kier alpha value is -2.64. The SMILES string of the molecule is CCOc1ccc(C(=O)N(CCN(C)C)c2nc3c(C)c(C)ccc3s2)cc1OCC. The van der Waals surface area contributed by atoms with Crippen molar-refractivity contribution >= 4 is 32.6 Å². The van der Waals surface area contributed by atoms with Gasteiger partial charge in [0.1, 0.15) is 0 Å². The van der Waals surface area contributed by atoms with E-state index in [4.69, 9.17) is 14.5 Å². The number of likely N-dealkylation sites (N-methyl/N-ethyl adjacent to an activating group) is 1. The molecule has 1 heterocycles. The lowest BCUT2D eigenvalue weighted by molar-refractivity contribution is 0.0984. The second-order valence-electron chi connectivity index (χ2n) is 7.64. The average molecular weight is 442 g/mol. The smallest absolute Gasteiger partial charge is 0.260 e. The summed E-state index contributed by atoms with van der Waals surface area (Å²) in [6, 6.07) is 9.55. The summed E-state index contributed by atoms with van der Waals surface area (Å²) in [6.45, 7) is 10.3. The lowest BCUT2D eigenvalue weighted by Crippen LogP contribution is -2.36. The Morgan fingerprint density at radius 2 is 1.71 bits per heavy atom. The largest absolute Gasteiger partial charge is 0.490 e. The number of aromatic nitrogens is 1. The minimum absolute atomic E-state index is 0.0979. The first-order chi connectivity index (χ1) is 14.8. The summed E-state index contributed by atoms with van der Waals surface area (Å²) in [5.74, 6) is 1.13. The molecule has 0 aliphatic carbocycles. The molecule has 0 saturated heterocycles. The normalized spacial score (nSPS) is 11.2. The number of hydrogen-bond acceptors (Lipinski definition) is 6. The number of benzene rings is 2. The van der Waals surface area contributed by atoms with Crippen LogP contribution in [0.1, 0.15) is 35.3 Å². The molecule has 2 aromatic carbocycles. The molecule has 3 aromatic rings. The summed E-state index contributed by atoms with van der Waals surface area (Å²) >= 11 is 1.55. The topological polar surface area (TPSA) is 54.9 Å². The van der Waals surface area contributed by atoms with Crippen molar-refractivity contribution in [2.24, 2.45) is 0 Å². The molecular weight excluding hydrogens is 410 g/mol. The molecule has 6 nitrogen and oxygen atoms in total. The summed E-state index contributed by atoms with van der Waals surface area (Å²) in [4.78, 5) is 22.3. The van der Waals surface area contributed by atoms with Crippen molar-refractivity contribution < 1.29 is 14.3 Å². The van der Waals surface area contributed by atoms with Gasteiger partial charge in [-0.15, -0.1) is 0 Å². The molecule has 0 unspecified atom stereocenters. The number of carbonyl (C=O) groups excluding carboxylic acids is 1. The van der Waals surface area contributed by atoms with E-state index in [1.165, 1.54) is 5.56 Å². The Morgan fingerprint density at radius 3 is 2.39 bits per heavy atom. The van der Waals surface area contributed by atoms with Crippen molar-refractivity contribution in [1.82, 2.24) is 9.88 Å². The monoisotopic (exact) mass is 441 g/mol. The maximum atomic E-state index is 13.6. The second kappa shape index (κ2) is 10.1. The number of aryl methyl sites for hydroxylation is 2. The number of hydrogen-bond donors (Lipinski definition) is 0. The van der Waals surface area contributed by atoms with E-state index in [1.807, 2.05) is 27.9 Å². The summed E-state index contributed by atoms with van der Waals surface area (Å²) < 4.78 is 12.5. The van der Waals surface area contributed by atoms with E-state index >= 15 is 0 Å². The lowest BCUT2D eigenvalue weighted by atomic mass is 10.1. The molecule has 7 heteroatoms. The second-order valence-corrected chi connectivity index (χ2v) is 8.65. The Labute approximate surface area is 188 Å². The van der Waals surface area contributed by atoms with Gasteiger partial charge in [0.25, 0.3) is 5.91 Å². The molecule has 0 bridgehead atoms. The van der Waals surface area contributed by atoms with Gasteiger partial charge < -0.3 is 14.4 Å². The van der Waals surface area contributed by atoms with Gasteiger partial charge in [0.15, 0.2) is 16.6 Å². The first kappa shape index (κ1) is 23.0. The van der Waals surface area contributed by atoms with E-state index in [2.05, 4.69) is 30.9 Å². The number of amides is 1. The highest BCUT2D eigenvalue weighted by Crippen LogP contribution is 2.34. The molecule has 166 valence electrons. The Kier molecular flexibility index (Phi) is 7.51. The average Bonchev–Trinajstić information content (AvgIpc) is 3.17. The van der Waals surface area contributed by atoms with Gasteiger partial charge in [-0.25, -0.2) is 4.98 Å². The predicted octanol–water partition coefficient (Wildman–Crippen LogP) is 4.92. The molecular formula is C24H31N3O3S. The standard InChI is InChI=1S/C24H31N3O3S/c1-7-29-19-11-10-18(15-20(19)30-8-2)23(28)27(14-13-26(5)6)24-25-22-17(4)16(3)9-12-21(22)31-24/h9-12,15H,7-8,13-14H2,1-6H3. The third kappa shape index (κ3) is 5.17. The van der Waals surface area contributed by atoms with Crippen LogP contribution >= 0.6 is 11.3 Å². The molecule has 1 aromatic heterocycles. The number of carbonyl (C=O) groups is 1. The quantitative estimate of drug-likeness (QED) is 0.472. The third-order valence-electron chi connectivity index (χ3n) is 5.11. The molecule has 31 heavy (non-hydrogen) atoms. The number of fused-ring (bicyclic) bond motifs is 1. The fraction of sp³-hybridized carbons (Fsp3) is 0.417. The summed E-state index contributed by atoms with van der Waals surface area (Å²) in [6.07, 6.45) is 0. The first-order valence-corrected chi connectivity index (χ1v) is 11.4. The molecule has 0 saturated carbocycles. The van der Waals surface area contributed by atoms with Crippen LogP contribution in [0, 0.1) is 13.8 Å². The summed E-state index contributed by atoms with van der Waals surface area (Å²) in [7, 11) is 4.00. The van der Waals surface area contributed by atoms with Crippen LogP contribution in [0.3, 0.4) is 0 Å². The maximum Gasteiger partial charge on any atom is 0.260 e. The van der Waals surface area contributed by atoms with E-state index in [1.54, 1.807) is 34.4 Å².